The van der Waals surface area contributed by atoms with Gasteiger partial charge in [0.05, 0.1) is 0 Å². The van der Waals surface area contributed by atoms with Gasteiger partial charge in [0.25, 0.3) is 0 Å². The van der Waals surface area contributed by atoms with E-state index in [0.717, 1.165) is 16.8 Å². The summed E-state index contributed by atoms with van der Waals surface area (Å²) >= 11 is 5.97. The molecule has 0 aliphatic carbocycles. The Kier molecular flexibility index (Phi) is 4.86. The predicted molar refractivity (Wildman–Crippen MR) is 95.0 cm³/mol. The molecule has 0 spiro atoms. The van der Waals surface area contributed by atoms with E-state index in [9.17, 15) is 9.59 Å². The van der Waals surface area contributed by atoms with E-state index >= 15 is 0 Å². The van der Waals surface area contributed by atoms with Crippen LogP contribution in [0.4, 0.5) is 5.69 Å². The Hall–Kier alpha value is -2.33. The highest BCUT2D eigenvalue weighted by molar-refractivity contribution is 6.30. The molecule has 4 nitrogen and oxygen atoms in total. The number of fused-ring (bicyclic) bond motifs is 1. The number of amides is 2. The van der Waals surface area contributed by atoms with Gasteiger partial charge in [0, 0.05) is 30.1 Å². The van der Waals surface area contributed by atoms with Crippen molar-refractivity contribution in [3.63, 3.8) is 0 Å². The van der Waals surface area contributed by atoms with E-state index in [1.165, 1.54) is 0 Å². The number of rotatable bonds is 4. The van der Waals surface area contributed by atoms with Crippen molar-refractivity contribution in [3.8, 4) is 0 Å². The van der Waals surface area contributed by atoms with Crippen molar-refractivity contribution in [2.45, 2.75) is 32.4 Å². The molecular weight excluding hydrogens is 324 g/mol. The highest BCUT2D eigenvalue weighted by Gasteiger charge is 2.37. The normalized spacial score (nSPS) is 15.9. The Morgan fingerprint density at radius 3 is 2.75 bits per heavy atom. The largest absolute Gasteiger partial charge is 0.350 e. The van der Waals surface area contributed by atoms with Gasteiger partial charge in [0.1, 0.15) is 6.04 Å². The molecule has 1 aliphatic heterocycles. The van der Waals surface area contributed by atoms with E-state index in [0.29, 0.717) is 24.4 Å². The van der Waals surface area contributed by atoms with Gasteiger partial charge < -0.3 is 5.32 Å². The van der Waals surface area contributed by atoms with Crippen LogP contribution in [0.3, 0.4) is 0 Å². The minimum atomic E-state index is -0.492. The first-order valence-corrected chi connectivity index (χ1v) is 8.40. The van der Waals surface area contributed by atoms with Gasteiger partial charge in [0.15, 0.2) is 0 Å². The first-order chi connectivity index (χ1) is 11.6. The zero-order valence-electron chi connectivity index (χ0n) is 13.5. The average Bonchev–Trinajstić information content (AvgIpc) is 2.98. The summed E-state index contributed by atoms with van der Waals surface area (Å²) in [5.41, 5.74) is 2.80. The fraction of sp³-hybridized carbons (Fsp3) is 0.263. The maximum absolute atomic E-state index is 12.7. The zero-order chi connectivity index (χ0) is 17.1. The number of para-hydroxylation sites is 1. The molecule has 0 radical (unpaired) electrons. The van der Waals surface area contributed by atoms with Crippen molar-refractivity contribution in [2.24, 2.45) is 0 Å². The number of anilines is 1. The van der Waals surface area contributed by atoms with Gasteiger partial charge >= 0.3 is 0 Å². The van der Waals surface area contributed by atoms with Crippen LogP contribution in [0.25, 0.3) is 0 Å². The number of halogens is 1. The molecule has 1 heterocycles. The van der Waals surface area contributed by atoms with E-state index in [-0.39, 0.29) is 11.8 Å². The van der Waals surface area contributed by atoms with Crippen LogP contribution in [0.2, 0.25) is 5.02 Å². The van der Waals surface area contributed by atoms with Crippen LogP contribution in [0.5, 0.6) is 0 Å². The highest BCUT2D eigenvalue weighted by atomic mass is 35.5. The highest BCUT2D eigenvalue weighted by Crippen LogP contribution is 2.32. The van der Waals surface area contributed by atoms with Crippen molar-refractivity contribution < 1.29 is 9.59 Å². The monoisotopic (exact) mass is 342 g/mol. The molecule has 1 atom stereocenters. The fourth-order valence-corrected chi connectivity index (χ4v) is 3.24. The van der Waals surface area contributed by atoms with Crippen LogP contribution in [-0.2, 0) is 22.6 Å². The van der Waals surface area contributed by atoms with Crippen molar-refractivity contribution in [1.82, 2.24) is 5.32 Å². The molecule has 0 fully saturated rings. The van der Waals surface area contributed by atoms with Gasteiger partial charge in [-0.15, -0.1) is 0 Å². The first-order valence-electron chi connectivity index (χ1n) is 8.02. The Bertz CT molecular complexity index is 775. The Balaban J connectivity index is 1.75. The number of hydrogen-bond acceptors (Lipinski definition) is 2. The SMILES string of the molecule is CCC(=O)N1c2ccccc2CC1C(=O)NCc1cccc(Cl)c1. The van der Waals surface area contributed by atoms with E-state index in [2.05, 4.69) is 5.32 Å². The van der Waals surface area contributed by atoms with Crippen molar-refractivity contribution in [2.75, 3.05) is 4.90 Å². The van der Waals surface area contributed by atoms with Crippen LogP contribution >= 0.6 is 11.6 Å². The summed E-state index contributed by atoms with van der Waals surface area (Å²) in [5, 5.41) is 3.56. The van der Waals surface area contributed by atoms with Crippen molar-refractivity contribution in [3.05, 3.63) is 64.7 Å². The molecule has 5 heteroatoms. The van der Waals surface area contributed by atoms with Crippen LogP contribution < -0.4 is 10.2 Å². The summed E-state index contributed by atoms with van der Waals surface area (Å²) in [7, 11) is 0. The second-order valence-corrected chi connectivity index (χ2v) is 6.25. The molecule has 1 N–H and O–H groups in total. The number of nitrogens with zero attached hydrogens (tertiary/aromatic N) is 1. The van der Waals surface area contributed by atoms with Crippen LogP contribution in [0, 0.1) is 0 Å². The summed E-state index contributed by atoms with van der Waals surface area (Å²) in [4.78, 5) is 26.6. The zero-order valence-corrected chi connectivity index (χ0v) is 14.2. The van der Waals surface area contributed by atoms with Gasteiger partial charge in [-0.3, -0.25) is 14.5 Å². The predicted octanol–water partition coefficient (Wildman–Crippen LogP) is 3.32. The quantitative estimate of drug-likeness (QED) is 0.926. The lowest BCUT2D eigenvalue weighted by Crippen LogP contribution is -2.47. The van der Waals surface area contributed by atoms with Gasteiger partial charge in [0.2, 0.25) is 11.8 Å². The Labute approximate surface area is 146 Å². The molecule has 3 rings (SSSR count). The molecule has 0 aromatic heterocycles. The summed E-state index contributed by atoms with van der Waals surface area (Å²) in [6.45, 7) is 2.20. The first kappa shape index (κ1) is 16.5. The third-order valence-electron chi connectivity index (χ3n) is 4.21. The number of hydrogen-bond donors (Lipinski definition) is 1. The molecule has 2 aromatic rings. The lowest BCUT2D eigenvalue weighted by Gasteiger charge is -2.24. The summed E-state index contributed by atoms with van der Waals surface area (Å²) in [6, 6.07) is 14.6. The summed E-state index contributed by atoms with van der Waals surface area (Å²) in [6.07, 6.45) is 0.912. The third kappa shape index (κ3) is 3.29. The minimum absolute atomic E-state index is 0.0390. The molecule has 0 saturated heterocycles. The molecular formula is C19H19ClN2O2. The number of carbonyl (C=O) groups is 2. The standard InChI is InChI=1S/C19H19ClN2O2/c1-2-18(23)22-16-9-4-3-7-14(16)11-17(22)19(24)21-12-13-6-5-8-15(20)10-13/h3-10,17H,2,11-12H2,1H3,(H,21,24). The lowest BCUT2D eigenvalue weighted by molar-refractivity contribution is -0.126. The topological polar surface area (TPSA) is 49.4 Å². The number of carbonyl (C=O) groups excluding carboxylic acids is 2. The van der Waals surface area contributed by atoms with Crippen molar-refractivity contribution >= 4 is 29.1 Å². The Morgan fingerprint density at radius 2 is 2.00 bits per heavy atom. The molecule has 0 saturated carbocycles. The van der Waals surface area contributed by atoms with E-state index in [1.54, 1.807) is 11.0 Å². The van der Waals surface area contributed by atoms with Gasteiger partial charge in [-0.25, -0.2) is 0 Å². The maximum Gasteiger partial charge on any atom is 0.243 e. The van der Waals surface area contributed by atoms with Gasteiger partial charge in [-0.1, -0.05) is 48.9 Å². The molecule has 2 amide bonds. The van der Waals surface area contributed by atoms with E-state index < -0.39 is 6.04 Å². The molecule has 24 heavy (non-hydrogen) atoms. The van der Waals surface area contributed by atoms with Crippen LogP contribution in [-0.4, -0.2) is 17.9 Å². The third-order valence-corrected chi connectivity index (χ3v) is 4.44. The van der Waals surface area contributed by atoms with Gasteiger partial charge in [-0.05, 0) is 29.3 Å². The smallest absolute Gasteiger partial charge is 0.243 e. The number of benzene rings is 2. The van der Waals surface area contributed by atoms with E-state index in [1.807, 2.05) is 49.4 Å². The van der Waals surface area contributed by atoms with Gasteiger partial charge in [-0.2, -0.15) is 0 Å². The molecule has 2 aromatic carbocycles. The Morgan fingerprint density at radius 1 is 1.21 bits per heavy atom. The molecule has 1 aliphatic rings. The second-order valence-electron chi connectivity index (χ2n) is 5.81. The second kappa shape index (κ2) is 7.05. The fourth-order valence-electron chi connectivity index (χ4n) is 3.03. The van der Waals surface area contributed by atoms with Crippen LogP contribution in [0.1, 0.15) is 24.5 Å². The molecule has 0 bridgehead atoms. The van der Waals surface area contributed by atoms with Crippen LogP contribution in [0.15, 0.2) is 48.5 Å². The number of nitrogens with one attached hydrogen (secondary N) is 1. The average molecular weight is 343 g/mol. The van der Waals surface area contributed by atoms with Crippen molar-refractivity contribution in [1.29, 1.82) is 0 Å². The summed E-state index contributed by atoms with van der Waals surface area (Å²) < 4.78 is 0. The lowest BCUT2D eigenvalue weighted by atomic mass is 10.1. The molecule has 1 unspecified atom stereocenters. The maximum atomic E-state index is 12.7. The summed E-state index contributed by atoms with van der Waals surface area (Å²) in [5.74, 6) is -0.184. The van der Waals surface area contributed by atoms with E-state index in [4.69, 9.17) is 11.6 Å². The molecule has 124 valence electrons. The minimum Gasteiger partial charge on any atom is -0.350 e.